The second-order valence-electron chi connectivity index (χ2n) is 7.10. The molecule has 0 spiro atoms. The van der Waals surface area contributed by atoms with Crippen LogP contribution in [0.25, 0.3) is 0 Å². The third kappa shape index (κ3) is 6.45. The monoisotopic (exact) mass is 376 g/mol. The molecule has 6 nitrogen and oxygen atoms in total. The van der Waals surface area contributed by atoms with E-state index in [1.165, 1.54) is 13.8 Å². The Bertz CT molecular complexity index is 661. The molecule has 27 heavy (non-hydrogen) atoms. The summed E-state index contributed by atoms with van der Waals surface area (Å²) < 4.78 is 0. The molecule has 1 saturated heterocycles. The predicted molar refractivity (Wildman–Crippen MR) is 105 cm³/mol. The number of amides is 2. The Morgan fingerprint density at radius 2 is 1.85 bits per heavy atom. The van der Waals surface area contributed by atoms with E-state index in [1.54, 1.807) is 0 Å². The largest absolute Gasteiger partial charge is 0.385 e. The van der Waals surface area contributed by atoms with Crippen LogP contribution in [-0.4, -0.2) is 29.9 Å². The fraction of sp³-hybridized carbons (Fsp3) is 0.619. The summed E-state index contributed by atoms with van der Waals surface area (Å²) in [4.78, 5) is 45.0. The summed E-state index contributed by atoms with van der Waals surface area (Å²) in [5, 5.41) is 5.50. The molecule has 0 aromatic heterocycles. The van der Waals surface area contributed by atoms with Gasteiger partial charge in [-0.05, 0) is 46.0 Å². The van der Waals surface area contributed by atoms with E-state index in [1.807, 2.05) is 13.0 Å². The highest BCUT2D eigenvalue weighted by Crippen LogP contribution is 2.25. The number of nitrogens with one attached hydrogen (secondary N) is 2. The SMILES string of the molecule is CCC(C)C1CCC(=O)NC1=O.CCNC1=CCCC(C(C)=O)=C1C(C)=O. The van der Waals surface area contributed by atoms with Crippen LogP contribution in [-0.2, 0) is 19.2 Å². The van der Waals surface area contributed by atoms with Crippen LogP contribution in [0.3, 0.4) is 0 Å². The molecule has 2 rings (SSSR count). The van der Waals surface area contributed by atoms with Crippen molar-refractivity contribution in [2.24, 2.45) is 11.8 Å². The first kappa shape index (κ1) is 22.8. The van der Waals surface area contributed by atoms with E-state index in [0.717, 1.165) is 31.5 Å². The van der Waals surface area contributed by atoms with Crippen LogP contribution in [0.4, 0.5) is 0 Å². The summed E-state index contributed by atoms with van der Waals surface area (Å²) >= 11 is 0. The minimum absolute atomic E-state index is 0.00343. The van der Waals surface area contributed by atoms with Gasteiger partial charge in [0.05, 0.1) is 0 Å². The van der Waals surface area contributed by atoms with E-state index in [9.17, 15) is 19.2 Å². The first-order valence-electron chi connectivity index (χ1n) is 9.75. The summed E-state index contributed by atoms with van der Waals surface area (Å²) in [6, 6.07) is 0. The van der Waals surface area contributed by atoms with Crippen molar-refractivity contribution in [3.05, 3.63) is 22.9 Å². The third-order valence-corrected chi connectivity index (χ3v) is 5.07. The van der Waals surface area contributed by atoms with Gasteiger partial charge in [-0.3, -0.25) is 24.5 Å². The predicted octanol–water partition coefficient (Wildman–Crippen LogP) is 2.83. The van der Waals surface area contributed by atoms with Gasteiger partial charge in [0.15, 0.2) is 11.6 Å². The van der Waals surface area contributed by atoms with Gasteiger partial charge in [0.1, 0.15) is 0 Å². The first-order valence-corrected chi connectivity index (χ1v) is 9.75. The number of hydrogen-bond acceptors (Lipinski definition) is 5. The maximum absolute atomic E-state index is 11.5. The molecule has 2 atom stereocenters. The smallest absolute Gasteiger partial charge is 0.229 e. The number of hydrogen-bond donors (Lipinski definition) is 2. The minimum atomic E-state index is -0.125. The van der Waals surface area contributed by atoms with E-state index in [2.05, 4.69) is 24.5 Å². The molecule has 6 heteroatoms. The normalized spacial score (nSPS) is 20.8. The zero-order valence-electron chi connectivity index (χ0n) is 17.1. The molecule has 0 bridgehead atoms. The standard InChI is InChI=1S/C12H17NO2.C9H15NO2/c1-4-13-11-7-5-6-10(8(2)14)12(11)9(3)15;1-3-6(2)7-4-5-8(11)10-9(7)12/h7,13H,4-6H2,1-3H3;6-7H,3-5H2,1-2H3,(H,10,11,12). The Balaban J connectivity index is 0.000000277. The van der Waals surface area contributed by atoms with E-state index in [4.69, 9.17) is 0 Å². The van der Waals surface area contributed by atoms with Gasteiger partial charge in [-0.2, -0.15) is 0 Å². The highest BCUT2D eigenvalue weighted by Gasteiger charge is 2.29. The van der Waals surface area contributed by atoms with Crippen LogP contribution >= 0.6 is 0 Å². The quantitative estimate of drug-likeness (QED) is 0.696. The van der Waals surface area contributed by atoms with E-state index >= 15 is 0 Å². The van der Waals surface area contributed by atoms with Crippen LogP contribution < -0.4 is 10.6 Å². The van der Waals surface area contributed by atoms with Gasteiger partial charge in [0.25, 0.3) is 0 Å². The fourth-order valence-corrected chi connectivity index (χ4v) is 3.39. The number of piperidine rings is 1. The highest BCUT2D eigenvalue weighted by molar-refractivity contribution is 6.07. The molecule has 2 aliphatic rings. The molecule has 0 saturated carbocycles. The average molecular weight is 376 g/mol. The third-order valence-electron chi connectivity index (χ3n) is 5.07. The summed E-state index contributed by atoms with van der Waals surface area (Å²) in [7, 11) is 0. The number of ketones is 2. The highest BCUT2D eigenvalue weighted by atomic mass is 16.2. The maximum atomic E-state index is 11.5. The van der Waals surface area contributed by atoms with Crippen LogP contribution in [0.2, 0.25) is 0 Å². The summed E-state index contributed by atoms with van der Waals surface area (Å²) in [6.45, 7) is 9.88. The lowest BCUT2D eigenvalue weighted by atomic mass is 9.85. The molecular formula is C21H32N2O4. The van der Waals surface area contributed by atoms with Gasteiger partial charge in [-0.15, -0.1) is 0 Å². The van der Waals surface area contributed by atoms with Crippen LogP contribution in [0, 0.1) is 11.8 Å². The molecule has 0 aromatic carbocycles. The molecule has 150 valence electrons. The summed E-state index contributed by atoms with van der Waals surface area (Å²) in [6.07, 6.45) is 5.71. The van der Waals surface area contributed by atoms with Gasteiger partial charge in [-0.1, -0.05) is 26.3 Å². The van der Waals surface area contributed by atoms with E-state index in [0.29, 0.717) is 29.9 Å². The van der Waals surface area contributed by atoms with Crippen LogP contribution in [0.15, 0.2) is 22.9 Å². The van der Waals surface area contributed by atoms with E-state index in [-0.39, 0.29) is 29.3 Å². The van der Waals surface area contributed by atoms with Crippen molar-refractivity contribution < 1.29 is 19.2 Å². The van der Waals surface area contributed by atoms with Gasteiger partial charge in [0.2, 0.25) is 11.8 Å². The van der Waals surface area contributed by atoms with Crippen molar-refractivity contribution in [2.45, 2.75) is 66.7 Å². The number of rotatable bonds is 6. The molecule has 0 aromatic rings. The Labute approximate surface area is 161 Å². The molecule has 1 aliphatic heterocycles. The number of imide groups is 1. The topological polar surface area (TPSA) is 92.3 Å². The fourth-order valence-electron chi connectivity index (χ4n) is 3.39. The second-order valence-corrected chi connectivity index (χ2v) is 7.10. The zero-order chi connectivity index (χ0) is 20.6. The summed E-state index contributed by atoms with van der Waals surface area (Å²) in [5.41, 5.74) is 2.07. The van der Waals surface area contributed by atoms with Crippen molar-refractivity contribution in [1.82, 2.24) is 10.6 Å². The minimum Gasteiger partial charge on any atom is -0.385 e. The molecule has 1 heterocycles. The molecule has 2 amide bonds. The Hall–Kier alpha value is -2.24. The second kappa shape index (κ2) is 10.8. The average Bonchev–Trinajstić information content (AvgIpc) is 2.61. The Morgan fingerprint density at radius 1 is 1.19 bits per heavy atom. The van der Waals surface area contributed by atoms with Crippen LogP contribution in [0.5, 0.6) is 0 Å². The Morgan fingerprint density at radius 3 is 2.33 bits per heavy atom. The molecule has 1 fully saturated rings. The number of allylic oxidation sites excluding steroid dienone is 3. The van der Waals surface area contributed by atoms with Crippen molar-refractivity contribution in [1.29, 1.82) is 0 Å². The van der Waals surface area contributed by atoms with Gasteiger partial charge >= 0.3 is 0 Å². The molecule has 2 N–H and O–H groups in total. The molecule has 0 radical (unpaired) electrons. The molecule has 1 aliphatic carbocycles. The number of carbonyl (C=O) groups is 4. The number of Topliss-reactive ketones (excluding diaryl/α,β-unsaturated/α-hetero) is 2. The van der Waals surface area contributed by atoms with Crippen LogP contribution in [0.1, 0.15) is 66.7 Å². The van der Waals surface area contributed by atoms with Crippen molar-refractivity contribution in [3.8, 4) is 0 Å². The lowest BCUT2D eigenvalue weighted by molar-refractivity contribution is -0.137. The van der Waals surface area contributed by atoms with Crippen molar-refractivity contribution in [3.63, 3.8) is 0 Å². The summed E-state index contributed by atoms with van der Waals surface area (Å²) in [5.74, 6) is 0.196. The lowest BCUT2D eigenvalue weighted by Gasteiger charge is -2.25. The molecule has 2 unspecified atom stereocenters. The number of carbonyl (C=O) groups excluding carboxylic acids is 4. The zero-order valence-corrected chi connectivity index (χ0v) is 17.1. The van der Waals surface area contributed by atoms with Crippen molar-refractivity contribution in [2.75, 3.05) is 6.54 Å². The van der Waals surface area contributed by atoms with Crippen molar-refractivity contribution >= 4 is 23.4 Å². The maximum Gasteiger partial charge on any atom is 0.229 e. The lowest BCUT2D eigenvalue weighted by Crippen LogP contribution is -2.42. The first-order chi connectivity index (χ1) is 12.7. The van der Waals surface area contributed by atoms with Gasteiger partial charge in [0, 0.05) is 35.7 Å². The van der Waals surface area contributed by atoms with E-state index < -0.39 is 0 Å². The van der Waals surface area contributed by atoms with Gasteiger partial charge < -0.3 is 5.32 Å². The number of likely N-dealkylation sites (N-methyl/N-ethyl adjacent to an activating group) is 1. The molecular weight excluding hydrogens is 344 g/mol. The van der Waals surface area contributed by atoms with Gasteiger partial charge in [-0.25, -0.2) is 0 Å². The Kier molecular flexibility index (Phi) is 9.12.